The van der Waals surface area contributed by atoms with Gasteiger partial charge in [-0.2, -0.15) is 10.2 Å². The number of aromatic nitrogens is 4. The van der Waals surface area contributed by atoms with Gasteiger partial charge in [0.1, 0.15) is 0 Å². The zero-order valence-corrected chi connectivity index (χ0v) is 8.57. The molecule has 0 saturated heterocycles. The largest absolute Gasteiger partial charge is 0.379 e. The Labute approximate surface area is 91.9 Å². The molecule has 0 atom stereocenters. The second kappa shape index (κ2) is 3.69. The lowest BCUT2D eigenvalue weighted by Crippen LogP contribution is -1.99. The van der Waals surface area contributed by atoms with E-state index in [1.165, 1.54) is 0 Å². The van der Waals surface area contributed by atoms with E-state index in [1.54, 1.807) is 6.20 Å². The minimum atomic E-state index is 0.739. The number of nitrogens with zero attached hydrogens (tertiary/aromatic N) is 2. The average Bonchev–Trinajstić information content (AvgIpc) is 2.97. The van der Waals surface area contributed by atoms with Crippen molar-refractivity contribution in [3.05, 3.63) is 42.4 Å². The van der Waals surface area contributed by atoms with Crippen LogP contribution in [0.5, 0.6) is 0 Å². The Hall–Kier alpha value is -2.30. The molecule has 0 saturated carbocycles. The third kappa shape index (κ3) is 1.63. The van der Waals surface area contributed by atoms with Crippen LogP contribution in [-0.2, 0) is 6.54 Å². The van der Waals surface area contributed by atoms with Crippen LogP contribution in [0.2, 0.25) is 0 Å². The molecule has 0 fully saturated rings. The van der Waals surface area contributed by atoms with Gasteiger partial charge in [0.25, 0.3) is 0 Å². The van der Waals surface area contributed by atoms with Crippen LogP contribution in [0.25, 0.3) is 10.9 Å². The van der Waals surface area contributed by atoms with Gasteiger partial charge in [0.15, 0.2) is 0 Å². The maximum Gasteiger partial charge on any atom is 0.0651 e. The maximum absolute atomic E-state index is 3.98. The van der Waals surface area contributed by atoms with E-state index in [-0.39, 0.29) is 0 Å². The lowest BCUT2D eigenvalue weighted by Gasteiger charge is -2.04. The fourth-order valence-corrected chi connectivity index (χ4v) is 1.63. The molecule has 2 aromatic heterocycles. The smallest absolute Gasteiger partial charge is 0.0651 e. The van der Waals surface area contributed by atoms with Crippen molar-refractivity contribution >= 4 is 16.6 Å². The predicted octanol–water partition coefficient (Wildman–Crippen LogP) is 1.90. The highest BCUT2D eigenvalue weighted by molar-refractivity contribution is 5.81. The first-order valence-corrected chi connectivity index (χ1v) is 5.07. The molecule has 1 aromatic carbocycles. The first kappa shape index (κ1) is 8.96. The number of aromatic amines is 2. The summed E-state index contributed by atoms with van der Waals surface area (Å²) in [5.41, 5.74) is 3.18. The number of fused-ring (bicyclic) bond motifs is 1. The van der Waals surface area contributed by atoms with Crippen molar-refractivity contribution in [2.45, 2.75) is 6.54 Å². The first-order valence-electron chi connectivity index (χ1n) is 5.07. The van der Waals surface area contributed by atoms with Crippen molar-refractivity contribution in [3.63, 3.8) is 0 Å². The quantitative estimate of drug-likeness (QED) is 0.622. The number of hydrogen-bond acceptors (Lipinski definition) is 3. The van der Waals surface area contributed by atoms with Crippen molar-refractivity contribution in [1.29, 1.82) is 0 Å². The molecule has 80 valence electrons. The van der Waals surface area contributed by atoms with Crippen molar-refractivity contribution in [2.24, 2.45) is 0 Å². The summed E-state index contributed by atoms with van der Waals surface area (Å²) in [5.74, 6) is 0. The summed E-state index contributed by atoms with van der Waals surface area (Å²) in [6.07, 6.45) is 3.56. The molecule has 16 heavy (non-hydrogen) atoms. The molecule has 0 bridgehead atoms. The minimum Gasteiger partial charge on any atom is -0.379 e. The van der Waals surface area contributed by atoms with E-state index >= 15 is 0 Å². The molecule has 0 unspecified atom stereocenters. The molecule has 5 nitrogen and oxygen atoms in total. The number of H-pyrrole nitrogens is 2. The normalized spacial score (nSPS) is 10.8. The molecular weight excluding hydrogens is 202 g/mol. The Morgan fingerprint density at radius 1 is 1.12 bits per heavy atom. The Bertz CT molecular complexity index is 581. The summed E-state index contributed by atoms with van der Waals surface area (Å²) in [6.45, 7) is 0.739. The van der Waals surface area contributed by atoms with Crippen molar-refractivity contribution in [1.82, 2.24) is 20.4 Å². The molecule has 3 rings (SSSR count). The second-order valence-electron chi connectivity index (χ2n) is 3.61. The van der Waals surface area contributed by atoms with Gasteiger partial charge in [-0.3, -0.25) is 10.2 Å². The highest BCUT2D eigenvalue weighted by Crippen LogP contribution is 2.16. The van der Waals surface area contributed by atoms with Crippen molar-refractivity contribution in [2.75, 3.05) is 5.32 Å². The Morgan fingerprint density at radius 2 is 2.12 bits per heavy atom. The van der Waals surface area contributed by atoms with Gasteiger partial charge in [-0.15, -0.1) is 0 Å². The summed E-state index contributed by atoms with van der Waals surface area (Å²) in [6, 6.07) is 8.05. The van der Waals surface area contributed by atoms with E-state index in [9.17, 15) is 0 Å². The first-order chi connectivity index (χ1) is 7.92. The molecule has 0 radical (unpaired) electrons. The molecule has 0 spiro atoms. The molecule has 3 aromatic rings. The average molecular weight is 213 g/mol. The molecule has 0 aliphatic heterocycles. The zero-order valence-electron chi connectivity index (χ0n) is 8.57. The summed E-state index contributed by atoms with van der Waals surface area (Å²) in [7, 11) is 0. The van der Waals surface area contributed by atoms with Crippen LogP contribution in [-0.4, -0.2) is 20.4 Å². The lowest BCUT2D eigenvalue weighted by molar-refractivity contribution is 0.982. The third-order valence-corrected chi connectivity index (χ3v) is 2.48. The molecule has 0 aliphatic carbocycles. The minimum absolute atomic E-state index is 0.739. The fourth-order valence-electron chi connectivity index (χ4n) is 1.63. The van der Waals surface area contributed by atoms with Crippen LogP contribution in [0, 0.1) is 0 Å². The Balaban J connectivity index is 1.78. The number of anilines is 1. The second-order valence-corrected chi connectivity index (χ2v) is 3.61. The Kier molecular flexibility index (Phi) is 2.07. The molecular formula is C11H11N5. The number of rotatable bonds is 3. The van der Waals surface area contributed by atoms with E-state index in [2.05, 4.69) is 31.8 Å². The van der Waals surface area contributed by atoms with E-state index < -0.39 is 0 Å². The monoisotopic (exact) mass is 213 g/mol. The SMILES string of the molecule is c1cc(CNc2ccc3[nH]ncc3c2)[nH]n1. The van der Waals surface area contributed by atoms with Gasteiger partial charge in [0, 0.05) is 17.3 Å². The van der Waals surface area contributed by atoms with Crippen LogP contribution in [0.4, 0.5) is 5.69 Å². The molecule has 3 N–H and O–H groups in total. The zero-order chi connectivity index (χ0) is 10.8. The maximum atomic E-state index is 3.98. The molecule has 2 heterocycles. The Morgan fingerprint density at radius 3 is 3.00 bits per heavy atom. The van der Waals surface area contributed by atoms with Crippen LogP contribution in [0.3, 0.4) is 0 Å². The number of hydrogen-bond donors (Lipinski definition) is 3. The molecule has 5 heteroatoms. The van der Waals surface area contributed by atoms with E-state index in [1.807, 2.05) is 24.4 Å². The van der Waals surface area contributed by atoms with Gasteiger partial charge in [0.05, 0.1) is 24.0 Å². The van der Waals surface area contributed by atoms with Gasteiger partial charge in [0.2, 0.25) is 0 Å². The standard InChI is InChI=1S/C11H11N5/c1-2-11-8(6-14-16-11)5-9(1)12-7-10-3-4-13-15-10/h1-6,12H,7H2,(H,13,15)(H,14,16). The van der Waals surface area contributed by atoms with E-state index in [0.29, 0.717) is 0 Å². The number of nitrogens with one attached hydrogen (secondary N) is 3. The van der Waals surface area contributed by atoms with Crippen LogP contribution in [0.15, 0.2) is 36.7 Å². The summed E-state index contributed by atoms with van der Waals surface area (Å²) in [5, 5.41) is 18.1. The van der Waals surface area contributed by atoms with Crippen LogP contribution >= 0.6 is 0 Å². The van der Waals surface area contributed by atoms with Gasteiger partial charge in [-0.25, -0.2) is 0 Å². The lowest BCUT2D eigenvalue weighted by atomic mass is 10.2. The van der Waals surface area contributed by atoms with Crippen molar-refractivity contribution in [3.8, 4) is 0 Å². The van der Waals surface area contributed by atoms with Gasteiger partial charge < -0.3 is 5.32 Å². The highest BCUT2D eigenvalue weighted by Gasteiger charge is 1.98. The van der Waals surface area contributed by atoms with Gasteiger partial charge >= 0.3 is 0 Å². The van der Waals surface area contributed by atoms with E-state index in [4.69, 9.17) is 0 Å². The number of benzene rings is 1. The van der Waals surface area contributed by atoms with E-state index in [0.717, 1.165) is 28.8 Å². The molecule has 0 amide bonds. The van der Waals surface area contributed by atoms with Crippen molar-refractivity contribution < 1.29 is 0 Å². The molecule has 0 aliphatic rings. The predicted molar refractivity (Wildman–Crippen MR) is 62.0 cm³/mol. The van der Waals surface area contributed by atoms with Crippen LogP contribution < -0.4 is 5.32 Å². The van der Waals surface area contributed by atoms with Crippen LogP contribution in [0.1, 0.15) is 5.69 Å². The fraction of sp³-hybridized carbons (Fsp3) is 0.0909. The summed E-state index contributed by atoms with van der Waals surface area (Å²) in [4.78, 5) is 0. The third-order valence-electron chi connectivity index (χ3n) is 2.48. The topological polar surface area (TPSA) is 69.4 Å². The van der Waals surface area contributed by atoms with Gasteiger partial charge in [-0.05, 0) is 24.3 Å². The highest BCUT2D eigenvalue weighted by atomic mass is 15.1. The summed E-state index contributed by atoms with van der Waals surface area (Å²) < 4.78 is 0. The van der Waals surface area contributed by atoms with Gasteiger partial charge in [-0.1, -0.05) is 0 Å². The summed E-state index contributed by atoms with van der Waals surface area (Å²) >= 11 is 0.